The highest BCUT2D eigenvalue weighted by molar-refractivity contribution is 7.10. The lowest BCUT2D eigenvalue weighted by atomic mass is 10.0. The van der Waals surface area contributed by atoms with E-state index in [2.05, 4.69) is 41.7 Å². The minimum absolute atomic E-state index is 0.759. The van der Waals surface area contributed by atoms with Gasteiger partial charge in [-0.05, 0) is 36.4 Å². The number of fused-ring (bicyclic) bond motifs is 1. The summed E-state index contributed by atoms with van der Waals surface area (Å²) in [6.07, 6.45) is 2.22. The Morgan fingerprint density at radius 3 is 2.65 bits per heavy atom. The van der Waals surface area contributed by atoms with E-state index in [1.54, 1.807) is 14.2 Å². The molecule has 1 aromatic carbocycles. The van der Waals surface area contributed by atoms with Crippen molar-refractivity contribution in [1.82, 2.24) is 10.2 Å². The highest BCUT2D eigenvalue weighted by Gasteiger charge is 2.15. The molecule has 0 amide bonds. The molecule has 0 atom stereocenters. The fourth-order valence-electron chi connectivity index (χ4n) is 2.90. The first-order valence-corrected chi connectivity index (χ1v) is 8.39. The van der Waals surface area contributed by atoms with E-state index in [0.29, 0.717) is 0 Å². The first kappa shape index (κ1) is 15.9. The topological polar surface area (TPSA) is 33.7 Å². The van der Waals surface area contributed by atoms with Gasteiger partial charge in [-0.25, -0.2) is 0 Å². The summed E-state index contributed by atoms with van der Waals surface area (Å²) in [6.45, 7) is 1.79. The van der Waals surface area contributed by atoms with Gasteiger partial charge in [0, 0.05) is 41.0 Å². The standard InChI is InChI=1S/C18H22N2O2S/c1-19-9-14-7-13-10-20(2)11-15(18(13)23-14)12-5-6-16(21-3)17(8-12)22-4/h5-8,10,19H,9,11H2,1-4H3. The van der Waals surface area contributed by atoms with Crippen molar-refractivity contribution >= 4 is 23.1 Å². The second-order valence-corrected chi connectivity index (χ2v) is 6.76. The summed E-state index contributed by atoms with van der Waals surface area (Å²) in [4.78, 5) is 3.58. The molecule has 0 aliphatic carbocycles. The Kier molecular flexibility index (Phi) is 4.59. The molecule has 0 unspecified atom stereocenters. The van der Waals surface area contributed by atoms with Gasteiger partial charge in [0.15, 0.2) is 11.5 Å². The van der Waals surface area contributed by atoms with Crippen LogP contribution in [0.15, 0.2) is 24.3 Å². The molecule has 0 fully saturated rings. The number of likely N-dealkylation sites (N-methyl/N-ethyl adjacent to an activating group) is 1. The van der Waals surface area contributed by atoms with Gasteiger partial charge in [0.2, 0.25) is 0 Å². The fourth-order valence-corrected chi connectivity index (χ4v) is 4.10. The van der Waals surface area contributed by atoms with Crippen LogP contribution < -0.4 is 24.5 Å². The van der Waals surface area contributed by atoms with Gasteiger partial charge >= 0.3 is 0 Å². The summed E-state index contributed by atoms with van der Waals surface area (Å²) in [7, 11) is 7.43. The molecular formula is C18H22N2O2S. The van der Waals surface area contributed by atoms with Gasteiger partial charge in [0.1, 0.15) is 0 Å². The van der Waals surface area contributed by atoms with Crippen molar-refractivity contribution in [1.29, 1.82) is 0 Å². The third-order valence-electron chi connectivity index (χ3n) is 3.94. The van der Waals surface area contributed by atoms with E-state index in [1.807, 2.05) is 24.5 Å². The summed E-state index contributed by atoms with van der Waals surface area (Å²) in [5, 5.41) is 4.52. The lowest BCUT2D eigenvalue weighted by Gasteiger charge is -2.20. The van der Waals surface area contributed by atoms with E-state index in [0.717, 1.165) is 24.6 Å². The molecule has 2 aromatic rings. The Morgan fingerprint density at radius 1 is 1.17 bits per heavy atom. The predicted octanol–water partition coefficient (Wildman–Crippen LogP) is 1.37. The molecule has 4 nitrogen and oxygen atoms in total. The zero-order chi connectivity index (χ0) is 16.4. The van der Waals surface area contributed by atoms with Gasteiger partial charge in [-0.15, -0.1) is 11.3 Å². The Bertz CT molecular complexity index is 826. The third kappa shape index (κ3) is 3.07. The zero-order valence-corrected chi connectivity index (χ0v) is 14.8. The van der Waals surface area contributed by atoms with Crippen LogP contribution in [0.1, 0.15) is 10.4 Å². The molecule has 0 bridgehead atoms. The normalized spacial score (nSPS) is 13.6. The van der Waals surface area contributed by atoms with Gasteiger partial charge in [0.05, 0.1) is 14.2 Å². The van der Waals surface area contributed by atoms with Crippen molar-refractivity contribution in [2.75, 3.05) is 34.9 Å². The number of nitrogens with zero attached hydrogens (tertiary/aromatic N) is 1. The average molecular weight is 330 g/mol. The van der Waals surface area contributed by atoms with E-state index in [-0.39, 0.29) is 0 Å². The van der Waals surface area contributed by atoms with Crippen molar-refractivity contribution in [3.8, 4) is 11.5 Å². The first-order valence-electron chi connectivity index (χ1n) is 7.57. The second-order valence-electron chi connectivity index (χ2n) is 5.62. The van der Waals surface area contributed by atoms with Crippen LogP contribution in [0.4, 0.5) is 0 Å². The molecule has 3 rings (SSSR count). The van der Waals surface area contributed by atoms with Crippen LogP contribution in [0.5, 0.6) is 11.5 Å². The fraction of sp³-hybridized carbons (Fsp3) is 0.333. The number of hydrogen-bond donors (Lipinski definition) is 1. The smallest absolute Gasteiger partial charge is 0.161 e. The molecule has 1 aromatic heterocycles. The highest BCUT2D eigenvalue weighted by Crippen LogP contribution is 2.30. The average Bonchev–Trinajstić information content (AvgIpc) is 2.96. The minimum atomic E-state index is 0.759. The molecule has 2 heterocycles. The quantitative estimate of drug-likeness (QED) is 0.898. The van der Waals surface area contributed by atoms with Gasteiger partial charge < -0.3 is 19.7 Å². The number of nitrogens with one attached hydrogen (secondary N) is 1. The van der Waals surface area contributed by atoms with Crippen LogP contribution in [0, 0.1) is 0 Å². The maximum Gasteiger partial charge on any atom is 0.161 e. The highest BCUT2D eigenvalue weighted by atomic mass is 32.1. The van der Waals surface area contributed by atoms with Crippen LogP contribution in [-0.4, -0.2) is 39.8 Å². The predicted molar refractivity (Wildman–Crippen MR) is 95.5 cm³/mol. The maximum atomic E-state index is 5.46. The molecule has 122 valence electrons. The van der Waals surface area contributed by atoms with E-state index in [4.69, 9.17) is 9.47 Å². The van der Waals surface area contributed by atoms with Crippen LogP contribution >= 0.6 is 11.3 Å². The van der Waals surface area contributed by atoms with Crippen LogP contribution in [0.25, 0.3) is 11.8 Å². The number of ether oxygens (including phenoxy) is 2. The van der Waals surface area contributed by atoms with E-state index in [9.17, 15) is 0 Å². The van der Waals surface area contributed by atoms with Gasteiger partial charge in [-0.3, -0.25) is 0 Å². The van der Waals surface area contributed by atoms with Crippen molar-refractivity contribution in [2.24, 2.45) is 0 Å². The molecule has 0 spiro atoms. The summed E-state index contributed by atoms with van der Waals surface area (Å²) in [6, 6.07) is 8.42. The molecule has 1 N–H and O–H groups in total. The first-order chi connectivity index (χ1) is 11.2. The van der Waals surface area contributed by atoms with Crippen molar-refractivity contribution in [2.45, 2.75) is 6.54 Å². The SMILES string of the molecule is CNCc1cc2c(s1)=C(c1ccc(OC)c(OC)c1)CN(C)C=2. The largest absolute Gasteiger partial charge is 0.493 e. The molecular weight excluding hydrogens is 308 g/mol. The van der Waals surface area contributed by atoms with E-state index >= 15 is 0 Å². The van der Waals surface area contributed by atoms with Crippen molar-refractivity contribution < 1.29 is 9.47 Å². The number of hydrogen-bond acceptors (Lipinski definition) is 5. The van der Waals surface area contributed by atoms with Crippen LogP contribution in [0.3, 0.4) is 0 Å². The second kappa shape index (κ2) is 6.64. The van der Waals surface area contributed by atoms with Crippen LogP contribution in [0.2, 0.25) is 0 Å². The van der Waals surface area contributed by atoms with Crippen molar-refractivity contribution in [3.63, 3.8) is 0 Å². The molecule has 0 saturated heterocycles. The minimum Gasteiger partial charge on any atom is -0.493 e. The Balaban J connectivity index is 2.18. The molecule has 0 radical (unpaired) electrons. The number of thiophene rings is 1. The maximum absolute atomic E-state index is 5.46. The molecule has 5 heteroatoms. The summed E-state index contributed by atoms with van der Waals surface area (Å²) in [5.74, 6) is 1.53. The van der Waals surface area contributed by atoms with Crippen LogP contribution in [-0.2, 0) is 6.54 Å². The molecule has 0 saturated carbocycles. The van der Waals surface area contributed by atoms with E-state index in [1.165, 1.54) is 25.8 Å². The summed E-state index contributed by atoms with van der Waals surface area (Å²) < 4.78 is 12.2. The van der Waals surface area contributed by atoms with Gasteiger partial charge in [-0.2, -0.15) is 0 Å². The number of rotatable bonds is 5. The van der Waals surface area contributed by atoms with E-state index < -0.39 is 0 Å². The lowest BCUT2D eigenvalue weighted by molar-refractivity contribution is 0.355. The Labute approximate surface area is 140 Å². The Hall–Kier alpha value is -1.98. The van der Waals surface area contributed by atoms with Crippen molar-refractivity contribution in [3.05, 3.63) is 44.5 Å². The summed E-state index contributed by atoms with van der Waals surface area (Å²) >= 11 is 1.86. The Morgan fingerprint density at radius 2 is 1.96 bits per heavy atom. The molecule has 1 aliphatic rings. The summed E-state index contributed by atoms with van der Waals surface area (Å²) in [5.41, 5.74) is 2.51. The zero-order valence-electron chi connectivity index (χ0n) is 14.0. The number of benzene rings is 1. The molecule has 23 heavy (non-hydrogen) atoms. The van der Waals surface area contributed by atoms with Gasteiger partial charge in [0.25, 0.3) is 0 Å². The van der Waals surface area contributed by atoms with Gasteiger partial charge in [-0.1, -0.05) is 6.07 Å². The molecule has 1 aliphatic heterocycles. The third-order valence-corrected chi connectivity index (χ3v) is 5.15. The number of methoxy groups -OCH3 is 2. The monoisotopic (exact) mass is 330 g/mol. The lowest BCUT2D eigenvalue weighted by Crippen LogP contribution is -2.34.